The summed E-state index contributed by atoms with van der Waals surface area (Å²) < 4.78 is 13.7. The van der Waals surface area contributed by atoms with Crippen LogP contribution in [0.5, 0.6) is 0 Å². The maximum atomic E-state index is 11.6. The molecule has 1 amide bonds. The van der Waals surface area contributed by atoms with Crippen molar-refractivity contribution in [3.05, 3.63) is 11.6 Å². The Kier molecular flexibility index (Phi) is 6.53. The first-order chi connectivity index (χ1) is 11.7. The number of amides is 1. The van der Waals surface area contributed by atoms with Crippen LogP contribution in [-0.4, -0.2) is 82.6 Å². The van der Waals surface area contributed by atoms with E-state index < -0.39 is 0 Å². The molecule has 0 aliphatic carbocycles. The number of morpholine rings is 1. The predicted octanol–water partition coefficient (Wildman–Crippen LogP) is 0.462. The van der Waals surface area contributed by atoms with E-state index in [1.165, 1.54) is 4.90 Å². The number of carbonyl (C=O) groups excluding carboxylic acids is 1. The van der Waals surface area contributed by atoms with Gasteiger partial charge in [0, 0.05) is 40.7 Å². The molecule has 0 aromatic carbocycles. The second kappa shape index (κ2) is 8.25. The smallest absolute Gasteiger partial charge is 0.248 e. The zero-order valence-electron chi connectivity index (χ0n) is 16.3. The Morgan fingerprint density at radius 1 is 1.36 bits per heavy atom. The first-order valence-corrected chi connectivity index (χ1v) is 8.77. The fourth-order valence-electron chi connectivity index (χ4n) is 3.07. The summed E-state index contributed by atoms with van der Waals surface area (Å²) in [5.41, 5.74) is -0.274. The minimum Gasteiger partial charge on any atom is -0.369 e. The molecule has 2 rings (SSSR count). The molecule has 1 fully saturated rings. The lowest BCUT2D eigenvalue weighted by Gasteiger charge is -2.42. The lowest BCUT2D eigenvalue weighted by Crippen LogP contribution is -2.53. The lowest BCUT2D eigenvalue weighted by atomic mass is 10.1. The van der Waals surface area contributed by atoms with Crippen LogP contribution < -0.4 is 0 Å². The van der Waals surface area contributed by atoms with Crippen LogP contribution in [0.4, 0.5) is 0 Å². The Balaban J connectivity index is 1.93. The molecule has 0 saturated carbocycles. The number of hydrogen-bond acceptors (Lipinski definition) is 6. The van der Waals surface area contributed by atoms with Crippen molar-refractivity contribution in [1.82, 2.24) is 24.6 Å². The summed E-state index contributed by atoms with van der Waals surface area (Å²) in [5, 5.41) is 8.54. The van der Waals surface area contributed by atoms with Crippen LogP contribution in [0.25, 0.3) is 0 Å². The quantitative estimate of drug-likeness (QED) is 0.709. The summed E-state index contributed by atoms with van der Waals surface area (Å²) in [5.74, 6) is 1.90. The highest BCUT2D eigenvalue weighted by Gasteiger charge is 2.34. The van der Waals surface area contributed by atoms with Crippen molar-refractivity contribution < 1.29 is 14.3 Å². The van der Waals surface area contributed by atoms with Gasteiger partial charge in [0.15, 0.2) is 0 Å². The summed E-state index contributed by atoms with van der Waals surface area (Å²) in [6.45, 7) is 8.99. The van der Waals surface area contributed by atoms with Crippen molar-refractivity contribution in [2.24, 2.45) is 7.05 Å². The second-order valence-electron chi connectivity index (χ2n) is 7.42. The average molecular weight is 353 g/mol. The van der Waals surface area contributed by atoms with Gasteiger partial charge in [-0.3, -0.25) is 9.69 Å². The van der Waals surface area contributed by atoms with Gasteiger partial charge in [0.1, 0.15) is 18.3 Å². The van der Waals surface area contributed by atoms with Crippen LogP contribution >= 0.6 is 0 Å². The van der Waals surface area contributed by atoms with Gasteiger partial charge in [-0.15, -0.1) is 10.2 Å². The molecule has 0 bridgehead atoms. The molecule has 2 heterocycles. The zero-order chi connectivity index (χ0) is 18.6. The van der Waals surface area contributed by atoms with Crippen molar-refractivity contribution in [3.8, 4) is 0 Å². The first-order valence-electron chi connectivity index (χ1n) is 8.77. The van der Waals surface area contributed by atoms with Crippen LogP contribution in [-0.2, 0) is 34.3 Å². The molecule has 25 heavy (non-hydrogen) atoms. The highest BCUT2D eigenvalue weighted by Crippen LogP contribution is 2.22. The molecule has 142 valence electrons. The molecule has 1 aliphatic heterocycles. The Morgan fingerprint density at radius 3 is 2.64 bits per heavy atom. The minimum absolute atomic E-state index is 0.0434. The summed E-state index contributed by atoms with van der Waals surface area (Å²) in [7, 11) is 5.45. The van der Waals surface area contributed by atoms with Crippen LogP contribution in [0.2, 0.25) is 0 Å². The SMILES string of the molecule is CCc1nnc(CN2C[C@H](COCC(=O)N(C)C)OC(C)(C)C2)n1C. The summed E-state index contributed by atoms with van der Waals surface area (Å²) in [6.07, 6.45) is 0.798. The van der Waals surface area contributed by atoms with Crippen LogP contribution in [0, 0.1) is 0 Å². The molecule has 1 saturated heterocycles. The fourth-order valence-corrected chi connectivity index (χ4v) is 3.07. The number of likely N-dealkylation sites (N-methyl/N-ethyl adjacent to an activating group) is 1. The summed E-state index contributed by atoms with van der Waals surface area (Å²) in [6, 6.07) is 0. The second-order valence-corrected chi connectivity index (χ2v) is 7.42. The van der Waals surface area contributed by atoms with Gasteiger partial charge < -0.3 is 18.9 Å². The van der Waals surface area contributed by atoms with Crippen LogP contribution in [0.1, 0.15) is 32.4 Å². The van der Waals surface area contributed by atoms with Crippen molar-refractivity contribution in [3.63, 3.8) is 0 Å². The van der Waals surface area contributed by atoms with E-state index in [0.717, 1.165) is 37.7 Å². The summed E-state index contributed by atoms with van der Waals surface area (Å²) in [4.78, 5) is 15.5. The Hall–Kier alpha value is -1.51. The van der Waals surface area contributed by atoms with Gasteiger partial charge in [-0.1, -0.05) is 6.92 Å². The number of carbonyl (C=O) groups is 1. The van der Waals surface area contributed by atoms with Crippen LogP contribution in [0.3, 0.4) is 0 Å². The van der Waals surface area contributed by atoms with E-state index in [1.807, 2.05) is 7.05 Å². The van der Waals surface area contributed by atoms with E-state index in [4.69, 9.17) is 9.47 Å². The molecule has 1 aromatic rings. The average Bonchev–Trinajstić information content (AvgIpc) is 2.85. The molecule has 0 radical (unpaired) electrons. The lowest BCUT2D eigenvalue weighted by molar-refractivity contribution is -0.161. The van der Waals surface area contributed by atoms with E-state index >= 15 is 0 Å². The Labute approximate surface area is 150 Å². The largest absolute Gasteiger partial charge is 0.369 e. The van der Waals surface area contributed by atoms with Crippen molar-refractivity contribution in [2.45, 2.75) is 45.4 Å². The molecule has 1 aliphatic rings. The van der Waals surface area contributed by atoms with Crippen molar-refractivity contribution >= 4 is 5.91 Å². The summed E-state index contributed by atoms with van der Waals surface area (Å²) >= 11 is 0. The highest BCUT2D eigenvalue weighted by atomic mass is 16.5. The molecule has 1 aromatic heterocycles. The van der Waals surface area contributed by atoms with Gasteiger partial charge in [0.05, 0.1) is 24.9 Å². The molecule has 1 atom stereocenters. The Morgan fingerprint density at radius 2 is 2.04 bits per heavy atom. The maximum Gasteiger partial charge on any atom is 0.248 e. The number of rotatable bonds is 7. The molecule has 0 N–H and O–H groups in total. The molecule has 0 spiro atoms. The molecular formula is C17H31N5O3. The third-order valence-corrected chi connectivity index (χ3v) is 4.32. The fraction of sp³-hybridized carbons (Fsp3) is 0.824. The molecule has 8 nitrogen and oxygen atoms in total. The molecular weight excluding hydrogens is 322 g/mol. The predicted molar refractivity (Wildman–Crippen MR) is 94.1 cm³/mol. The number of aromatic nitrogens is 3. The van der Waals surface area contributed by atoms with Crippen molar-refractivity contribution in [1.29, 1.82) is 0 Å². The molecule has 0 unspecified atom stereocenters. The minimum atomic E-state index is -0.274. The first kappa shape index (κ1) is 19.8. The standard InChI is InChI=1S/C17H31N5O3/c1-7-14-18-19-15(21(14)6)9-22-8-13(25-17(2,3)12-22)10-24-11-16(23)20(4)5/h13H,7-12H2,1-6H3/t13-/m1/s1. The normalized spacial score (nSPS) is 20.6. The van der Waals surface area contributed by atoms with Crippen molar-refractivity contribution in [2.75, 3.05) is 40.4 Å². The van der Waals surface area contributed by atoms with Gasteiger partial charge >= 0.3 is 0 Å². The maximum absolute atomic E-state index is 11.6. The van der Waals surface area contributed by atoms with E-state index in [2.05, 4.69) is 40.4 Å². The highest BCUT2D eigenvalue weighted by molar-refractivity contribution is 5.76. The van der Waals surface area contributed by atoms with Gasteiger partial charge in [-0.25, -0.2) is 0 Å². The van der Waals surface area contributed by atoms with Crippen LogP contribution in [0.15, 0.2) is 0 Å². The Bertz CT molecular complexity index is 585. The van der Waals surface area contributed by atoms with Gasteiger partial charge in [0.25, 0.3) is 0 Å². The van der Waals surface area contributed by atoms with E-state index in [0.29, 0.717) is 6.61 Å². The van der Waals surface area contributed by atoms with E-state index in [1.54, 1.807) is 14.1 Å². The van der Waals surface area contributed by atoms with Gasteiger partial charge in [0.2, 0.25) is 5.91 Å². The number of hydrogen-bond donors (Lipinski definition) is 0. The number of aryl methyl sites for hydroxylation is 1. The topological polar surface area (TPSA) is 72.7 Å². The zero-order valence-corrected chi connectivity index (χ0v) is 16.3. The van der Waals surface area contributed by atoms with Gasteiger partial charge in [-0.2, -0.15) is 0 Å². The third-order valence-electron chi connectivity index (χ3n) is 4.32. The van der Waals surface area contributed by atoms with E-state index in [9.17, 15) is 4.79 Å². The molecule has 8 heteroatoms. The number of ether oxygens (including phenoxy) is 2. The van der Waals surface area contributed by atoms with E-state index in [-0.39, 0.29) is 24.2 Å². The monoisotopic (exact) mass is 353 g/mol. The third kappa shape index (κ3) is 5.49. The number of nitrogens with zero attached hydrogens (tertiary/aromatic N) is 5. The van der Waals surface area contributed by atoms with Gasteiger partial charge in [-0.05, 0) is 13.8 Å².